The number of furan rings is 1. The maximum absolute atomic E-state index is 13.5. The van der Waals surface area contributed by atoms with Gasteiger partial charge in [0.2, 0.25) is 0 Å². The summed E-state index contributed by atoms with van der Waals surface area (Å²) >= 11 is 0. The van der Waals surface area contributed by atoms with E-state index in [1.807, 2.05) is 6.92 Å². The highest BCUT2D eigenvalue weighted by molar-refractivity contribution is 6.05. The van der Waals surface area contributed by atoms with Gasteiger partial charge in [0.05, 0.1) is 32.2 Å². The van der Waals surface area contributed by atoms with E-state index in [0.717, 1.165) is 5.56 Å². The van der Waals surface area contributed by atoms with Crippen LogP contribution in [0, 0.1) is 16.7 Å². The van der Waals surface area contributed by atoms with Gasteiger partial charge in [-0.3, -0.25) is 19.2 Å². The van der Waals surface area contributed by atoms with E-state index in [0.29, 0.717) is 30.4 Å². The second-order valence-corrected chi connectivity index (χ2v) is 9.00. The third-order valence-corrected chi connectivity index (χ3v) is 7.44. The summed E-state index contributed by atoms with van der Waals surface area (Å²) in [5.41, 5.74) is -1.20. The molecule has 1 spiro atoms. The maximum Gasteiger partial charge on any atom is 0.327 e. The van der Waals surface area contributed by atoms with Crippen LogP contribution in [-0.2, 0) is 38.1 Å². The molecule has 1 aliphatic heterocycles. The molecule has 9 heteroatoms. The molecule has 3 aliphatic rings. The molecule has 2 heterocycles. The molecule has 2 aliphatic carbocycles. The highest BCUT2D eigenvalue weighted by Gasteiger charge is 2.65. The fraction of sp³-hybridized carbons (Fsp3) is 0.583. The average Bonchev–Trinajstić information content (AvgIpc) is 3.44. The number of methoxy groups -OCH3 is 2. The Bertz CT molecular complexity index is 989. The zero-order chi connectivity index (χ0) is 24.0. The van der Waals surface area contributed by atoms with Crippen LogP contribution in [0.5, 0.6) is 0 Å². The van der Waals surface area contributed by atoms with E-state index in [1.165, 1.54) is 33.7 Å². The van der Waals surface area contributed by atoms with Gasteiger partial charge in [0.15, 0.2) is 5.41 Å². The number of fused-ring (bicyclic) bond motifs is 1. The first-order valence-electron chi connectivity index (χ1n) is 11.0. The van der Waals surface area contributed by atoms with Crippen LogP contribution in [0.1, 0.15) is 57.6 Å². The molecular weight excluding hydrogens is 432 g/mol. The Morgan fingerprint density at radius 2 is 1.85 bits per heavy atom. The third kappa shape index (κ3) is 3.28. The van der Waals surface area contributed by atoms with Crippen molar-refractivity contribution in [1.82, 2.24) is 0 Å². The first-order chi connectivity index (χ1) is 15.7. The molecule has 1 fully saturated rings. The molecule has 1 saturated heterocycles. The highest BCUT2D eigenvalue weighted by atomic mass is 16.6. The van der Waals surface area contributed by atoms with Crippen LogP contribution in [0.25, 0.3) is 0 Å². The standard InChI is InChI=1S/C24H28O9/c1-13-10-17(32-14(2)25)19-16(6-5-8-23(19,20(26)29-3)21(27)30-4)24(13)11-18(33-22(24)28)15-7-9-31-12-15/h7,9,12-13,17-18H,5-6,8,10-11H2,1-4H3/t13-,17-,18+,24-/m1/s1. The topological polar surface area (TPSA) is 118 Å². The number of ether oxygens (including phenoxy) is 4. The number of carbonyl (C=O) groups is 4. The highest BCUT2D eigenvalue weighted by Crippen LogP contribution is 2.62. The minimum atomic E-state index is -1.79. The Balaban J connectivity index is 1.96. The Morgan fingerprint density at radius 1 is 1.15 bits per heavy atom. The number of carbonyl (C=O) groups excluding carboxylic acids is 4. The van der Waals surface area contributed by atoms with Gasteiger partial charge in [-0.25, -0.2) is 0 Å². The second kappa shape index (κ2) is 8.35. The fourth-order valence-corrected chi connectivity index (χ4v) is 6.04. The molecule has 178 valence electrons. The lowest BCUT2D eigenvalue weighted by Gasteiger charge is -2.49. The van der Waals surface area contributed by atoms with Crippen molar-refractivity contribution in [1.29, 1.82) is 0 Å². The van der Waals surface area contributed by atoms with Crippen molar-refractivity contribution in [3.8, 4) is 0 Å². The monoisotopic (exact) mass is 460 g/mol. The molecule has 0 N–H and O–H groups in total. The predicted molar refractivity (Wildman–Crippen MR) is 111 cm³/mol. The van der Waals surface area contributed by atoms with Crippen molar-refractivity contribution in [2.24, 2.45) is 16.7 Å². The molecule has 9 nitrogen and oxygen atoms in total. The molecular formula is C24H28O9. The molecule has 0 saturated carbocycles. The van der Waals surface area contributed by atoms with Gasteiger partial charge < -0.3 is 23.4 Å². The molecule has 1 aromatic rings. The molecule has 1 aromatic heterocycles. The third-order valence-electron chi connectivity index (χ3n) is 7.44. The first-order valence-corrected chi connectivity index (χ1v) is 11.0. The molecule has 4 atom stereocenters. The van der Waals surface area contributed by atoms with Crippen molar-refractivity contribution in [3.05, 3.63) is 35.3 Å². The molecule has 33 heavy (non-hydrogen) atoms. The first kappa shape index (κ1) is 23.1. The Hall–Kier alpha value is -3.10. The number of cyclic esters (lactones) is 1. The van der Waals surface area contributed by atoms with Gasteiger partial charge >= 0.3 is 23.9 Å². The summed E-state index contributed by atoms with van der Waals surface area (Å²) in [4.78, 5) is 51.8. The maximum atomic E-state index is 13.5. The number of hydrogen-bond donors (Lipinski definition) is 0. The molecule has 0 amide bonds. The molecule has 0 radical (unpaired) electrons. The van der Waals surface area contributed by atoms with E-state index in [4.69, 9.17) is 23.4 Å². The normalized spacial score (nSPS) is 30.4. The Labute approximate surface area is 191 Å². The van der Waals surface area contributed by atoms with Crippen molar-refractivity contribution in [2.45, 2.75) is 58.2 Å². The summed E-state index contributed by atoms with van der Waals surface area (Å²) in [6.45, 7) is 3.18. The van der Waals surface area contributed by atoms with E-state index in [9.17, 15) is 19.2 Å². The van der Waals surface area contributed by atoms with Crippen LogP contribution >= 0.6 is 0 Å². The van der Waals surface area contributed by atoms with Crippen molar-refractivity contribution >= 4 is 23.9 Å². The van der Waals surface area contributed by atoms with E-state index in [2.05, 4.69) is 0 Å². The van der Waals surface area contributed by atoms with E-state index in [-0.39, 0.29) is 18.8 Å². The summed E-state index contributed by atoms with van der Waals surface area (Å²) in [7, 11) is 2.39. The van der Waals surface area contributed by atoms with Crippen LogP contribution in [0.4, 0.5) is 0 Å². The van der Waals surface area contributed by atoms with Gasteiger partial charge in [0, 0.05) is 18.9 Å². The number of esters is 4. The summed E-state index contributed by atoms with van der Waals surface area (Å²) in [6, 6.07) is 1.75. The lowest BCUT2D eigenvalue weighted by atomic mass is 9.53. The van der Waals surface area contributed by atoms with Crippen molar-refractivity contribution < 1.29 is 42.5 Å². The largest absolute Gasteiger partial charge is 0.472 e. The summed E-state index contributed by atoms with van der Waals surface area (Å²) in [5, 5.41) is 0. The van der Waals surface area contributed by atoms with Crippen LogP contribution in [-0.4, -0.2) is 44.2 Å². The second-order valence-electron chi connectivity index (χ2n) is 9.00. The average molecular weight is 460 g/mol. The molecule has 4 rings (SSSR count). The zero-order valence-corrected chi connectivity index (χ0v) is 19.2. The van der Waals surface area contributed by atoms with Gasteiger partial charge in [-0.05, 0) is 48.8 Å². The lowest BCUT2D eigenvalue weighted by Crippen LogP contribution is -2.54. The number of rotatable bonds is 4. The zero-order valence-electron chi connectivity index (χ0n) is 19.2. The van der Waals surface area contributed by atoms with Crippen molar-refractivity contribution in [2.75, 3.05) is 14.2 Å². The van der Waals surface area contributed by atoms with Crippen LogP contribution in [0.3, 0.4) is 0 Å². The molecule has 0 unspecified atom stereocenters. The summed E-state index contributed by atoms with van der Waals surface area (Å²) < 4.78 is 26.7. The number of hydrogen-bond acceptors (Lipinski definition) is 9. The van der Waals surface area contributed by atoms with Gasteiger partial charge in [-0.2, -0.15) is 0 Å². The van der Waals surface area contributed by atoms with E-state index in [1.54, 1.807) is 6.07 Å². The SMILES string of the molecule is COC(=O)C1(C(=O)OC)CCCC2=C1[C@H](OC(C)=O)C[C@@H](C)[C@]21C[C@@H](c2ccoc2)OC1=O. The Morgan fingerprint density at radius 3 is 2.42 bits per heavy atom. The van der Waals surface area contributed by atoms with Gasteiger partial charge in [-0.1, -0.05) is 6.92 Å². The molecule has 0 aromatic carbocycles. The van der Waals surface area contributed by atoms with Crippen LogP contribution in [0.2, 0.25) is 0 Å². The minimum Gasteiger partial charge on any atom is -0.472 e. The smallest absolute Gasteiger partial charge is 0.327 e. The quantitative estimate of drug-likeness (QED) is 0.289. The molecule has 0 bridgehead atoms. The minimum absolute atomic E-state index is 0.133. The fourth-order valence-electron chi connectivity index (χ4n) is 6.04. The Kier molecular flexibility index (Phi) is 5.84. The predicted octanol–water partition coefficient (Wildman–Crippen LogP) is 3.04. The van der Waals surface area contributed by atoms with Crippen LogP contribution in [0.15, 0.2) is 34.2 Å². The van der Waals surface area contributed by atoms with E-state index < -0.39 is 46.9 Å². The van der Waals surface area contributed by atoms with Gasteiger partial charge in [0.1, 0.15) is 12.2 Å². The summed E-state index contributed by atoms with van der Waals surface area (Å²) in [5.74, 6) is -2.81. The van der Waals surface area contributed by atoms with E-state index >= 15 is 0 Å². The van der Waals surface area contributed by atoms with Gasteiger partial charge in [0.25, 0.3) is 0 Å². The van der Waals surface area contributed by atoms with Gasteiger partial charge in [-0.15, -0.1) is 0 Å². The lowest BCUT2D eigenvalue weighted by molar-refractivity contribution is -0.171. The van der Waals surface area contributed by atoms with Crippen molar-refractivity contribution in [3.63, 3.8) is 0 Å². The van der Waals surface area contributed by atoms with Crippen LogP contribution < -0.4 is 0 Å². The summed E-state index contributed by atoms with van der Waals surface area (Å²) in [6.07, 6.45) is 3.29.